The molecule has 0 radical (unpaired) electrons. The van der Waals surface area contributed by atoms with Gasteiger partial charge in [-0.05, 0) is 70.6 Å². The van der Waals surface area contributed by atoms with Gasteiger partial charge in [0.25, 0.3) is 0 Å². The minimum absolute atomic E-state index is 0.0436. The molecule has 1 aliphatic heterocycles. The Morgan fingerprint density at radius 3 is 2.83 bits per heavy atom. The Labute approximate surface area is 148 Å². The summed E-state index contributed by atoms with van der Waals surface area (Å²) in [6.45, 7) is 1.50. The summed E-state index contributed by atoms with van der Waals surface area (Å²) in [4.78, 5) is 16.5. The number of aliphatic imine (C=N–C) groups is 1. The van der Waals surface area contributed by atoms with E-state index in [-0.39, 0.29) is 17.2 Å². The van der Waals surface area contributed by atoms with Crippen molar-refractivity contribution >= 4 is 45.7 Å². The van der Waals surface area contributed by atoms with Crippen LogP contribution in [0.5, 0.6) is 0 Å². The minimum atomic E-state index is -0.0476. The van der Waals surface area contributed by atoms with Gasteiger partial charge in [0.15, 0.2) is 0 Å². The van der Waals surface area contributed by atoms with Crippen molar-refractivity contribution in [2.45, 2.75) is 19.3 Å². The average Bonchev–Trinajstić information content (AvgIpc) is 3.23. The fourth-order valence-electron chi connectivity index (χ4n) is 3.19. The zero-order chi connectivity index (χ0) is 16.4. The molecule has 1 aromatic carbocycles. The van der Waals surface area contributed by atoms with Gasteiger partial charge in [-0.25, -0.2) is 4.99 Å². The first-order valence-electron chi connectivity index (χ1n) is 7.59. The van der Waals surface area contributed by atoms with Crippen LogP contribution < -0.4 is 5.73 Å². The summed E-state index contributed by atoms with van der Waals surface area (Å²) in [5, 5.41) is 0.570. The average molecular weight is 398 g/mol. The van der Waals surface area contributed by atoms with E-state index >= 15 is 0 Å². The van der Waals surface area contributed by atoms with E-state index in [2.05, 4.69) is 20.9 Å². The molecule has 0 aromatic heterocycles. The maximum atomic E-state index is 12.3. The number of amides is 1. The highest BCUT2D eigenvalue weighted by Gasteiger charge is 2.57. The third kappa shape index (κ3) is 3.52. The molecule has 1 unspecified atom stereocenters. The molecular weight excluding hydrogens is 380 g/mol. The van der Waals surface area contributed by atoms with Gasteiger partial charge < -0.3 is 10.5 Å². The Kier molecular flexibility index (Phi) is 4.90. The molecular formula is C17H18BrClN2O2. The van der Waals surface area contributed by atoms with E-state index in [1.165, 1.54) is 6.20 Å². The second kappa shape index (κ2) is 6.75. The van der Waals surface area contributed by atoms with Gasteiger partial charge in [0.1, 0.15) is 0 Å². The topological polar surface area (TPSA) is 64.7 Å². The SMILES string of the molecule is N/C=C/c1cc(Br)c(Cl)cc1/C=N\C(=O)C1CC12CCOCC2. The fraction of sp³-hybridized carbons (Fsp3) is 0.412. The third-order valence-electron chi connectivity index (χ3n) is 4.71. The number of hydrogen-bond acceptors (Lipinski definition) is 3. The first-order chi connectivity index (χ1) is 11.1. The van der Waals surface area contributed by atoms with Crippen molar-refractivity contribution in [3.05, 3.63) is 39.0 Å². The first-order valence-corrected chi connectivity index (χ1v) is 8.76. The van der Waals surface area contributed by atoms with Crippen LogP contribution in [-0.4, -0.2) is 25.3 Å². The van der Waals surface area contributed by atoms with Crippen molar-refractivity contribution in [1.82, 2.24) is 0 Å². The molecule has 3 rings (SSSR count). The highest BCUT2D eigenvalue weighted by Crippen LogP contribution is 2.59. The quantitative estimate of drug-likeness (QED) is 0.789. The largest absolute Gasteiger partial charge is 0.405 e. The molecule has 1 atom stereocenters. The first kappa shape index (κ1) is 16.7. The van der Waals surface area contributed by atoms with Crippen LogP contribution in [0, 0.1) is 11.3 Å². The highest BCUT2D eigenvalue weighted by molar-refractivity contribution is 9.10. The molecule has 2 fully saturated rings. The molecule has 1 amide bonds. The van der Waals surface area contributed by atoms with Crippen molar-refractivity contribution in [3.8, 4) is 0 Å². The normalized spacial score (nSPS) is 23.0. The van der Waals surface area contributed by atoms with Crippen LogP contribution in [0.25, 0.3) is 6.08 Å². The number of hydrogen-bond donors (Lipinski definition) is 1. The van der Waals surface area contributed by atoms with Crippen molar-refractivity contribution < 1.29 is 9.53 Å². The Bertz CT molecular complexity index is 681. The Balaban J connectivity index is 1.75. The number of carbonyl (C=O) groups is 1. The standard InChI is InChI=1S/C17H18BrClN2O2/c18-14-7-11(1-4-20)12(8-15(14)19)10-21-16(22)13-9-17(13)2-5-23-6-3-17/h1,4,7-8,10,13H,2-3,5-6,9,20H2/b4-1+,21-10-. The summed E-state index contributed by atoms with van der Waals surface area (Å²) >= 11 is 9.51. The summed E-state index contributed by atoms with van der Waals surface area (Å²) in [5.74, 6) is -0.00399. The number of rotatable bonds is 3. The number of benzene rings is 1. The molecule has 1 saturated carbocycles. The number of carbonyl (C=O) groups excluding carboxylic acids is 1. The van der Waals surface area contributed by atoms with Crippen LogP contribution in [0.15, 0.2) is 27.8 Å². The van der Waals surface area contributed by atoms with E-state index in [1.54, 1.807) is 18.4 Å². The van der Waals surface area contributed by atoms with Crippen LogP contribution in [-0.2, 0) is 9.53 Å². The van der Waals surface area contributed by atoms with Gasteiger partial charge in [-0.1, -0.05) is 11.6 Å². The lowest BCUT2D eigenvalue weighted by molar-refractivity contribution is -0.120. The number of halogens is 2. The van der Waals surface area contributed by atoms with E-state index in [1.807, 2.05) is 6.07 Å². The maximum Gasteiger partial charge on any atom is 0.249 e. The molecule has 1 aliphatic carbocycles. The van der Waals surface area contributed by atoms with E-state index in [9.17, 15) is 4.79 Å². The van der Waals surface area contributed by atoms with Gasteiger partial charge in [0.2, 0.25) is 5.91 Å². The second-order valence-corrected chi connectivity index (χ2v) is 7.34. The zero-order valence-corrected chi connectivity index (χ0v) is 14.9. The lowest BCUT2D eigenvalue weighted by Gasteiger charge is -2.21. The fourth-order valence-corrected chi connectivity index (χ4v) is 3.72. The van der Waals surface area contributed by atoms with Crippen LogP contribution in [0.2, 0.25) is 5.02 Å². The minimum Gasteiger partial charge on any atom is -0.405 e. The third-order valence-corrected chi connectivity index (χ3v) is 5.91. The van der Waals surface area contributed by atoms with Crippen LogP contribution in [0.1, 0.15) is 30.4 Å². The zero-order valence-electron chi connectivity index (χ0n) is 12.6. The molecule has 0 bridgehead atoms. The van der Waals surface area contributed by atoms with Gasteiger partial charge in [-0.2, -0.15) is 0 Å². The smallest absolute Gasteiger partial charge is 0.249 e. The number of nitrogens with two attached hydrogens (primary N) is 1. The Morgan fingerprint density at radius 1 is 1.39 bits per heavy atom. The summed E-state index contributed by atoms with van der Waals surface area (Å²) in [6.07, 6.45) is 7.65. The second-order valence-electron chi connectivity index (χ2n) is 6.08. The molecule has 4 nitrogen and oxygen atoms in total. The van der Waals surface area contributed by atoms with E-state index in [0.717, 1.165) is 48.1 Å². The number of ether oxygens (including phenoxy) is 1. The lowest BCUT2D eigenvalue weighted by atomic mass is 9.94. The van der Waals surface area contributed by atoms with Gasteiger partial charge in [-0.3, -0.25) is 4.79 Å². The van der Waals surface area contributed by atoms with Crippen LogP contribution in [0.4, 0.5) is 0 Å². The molecule has 1 aromatic rings. The van der Waals surface area contributed by atoms with Crippen molar-refractivity contribution in [2.75, 3.05) is 13.2 Å². The molecule has 6 heteroatoms. The Hall–Kier alpha value is -1.17. The summed E-state index contributed by atoms with van der Waals surface area (Å²) < 4.78 is 6.16. The monoisotopic (exact) mass is 396 g/mol. The Morgan fingerprint density at radius 2 is 2.13 bits per heavy atom. The van der Waals surface area contributed by atoms with Crippen molar-refractivity contribution in [2.24, 2.45) is 22.1 Å². The predicted octanol–water partition coefficient (Wildman–Crippen LogP) is 3.79. The van der Waals surface area contributed by atoms with Crippen LogP contribution >= 0.6 is 27.5 Å². The summed E-state index contributed by atoms with van der Waals surface area (Å²) in [6, 6.07) is 3.63. The summed E-state index contributed by atoms with van der Waals surface area (Å²) in [7, 11) is 0. The molecule has 1 spiro atoms. The van der Waals surface area contributed by atoms with Crippen molar-refractivity contribution in [1.29, 1.82) is 0 Å². The van der Waals surface area contributed by atoms with Gasteiger partial charge >= 0.3 is 0 Å². The molecule has 23 heavy (non-hydrogen) atoms. The number of nitrogens with zero attached hydrogens (tertiary/aromatic N) is 1. The van der Waals surface area contributed by atoms with Crippen molar-refractivity contribution in [3.63, 3.8) is 0 Å². The predicted molar refractivity (Wildman–Crippen MR) is 95.6 cm³/mol. The van der Waals surface area contributed by atoms with E-state index < -0.39 is 0 Å². The maximum absolute atomic E-state index is 12.3. The lowest BCUT2D eigenvalue weighted by Crippen LogP contribution is -2.20. The molecule has 122 valence electrons. The van der Waals surface area contributed by atoms with Gasteiger partial charge in [0.05, 0.1) is 5.02 Å². The van der Waals surface area contributed by atoms with E-state index in [4.69, 9.17) is 22.1 Å². The molecule has 2 N–H and O–H groups in total. The summed E-state index contributed by atoms with van der Waals surface area (Å²) in [5.41, 5.74) is 7.25. The molecule has 1 heterocycles. The molecule has 1 saturated heterocycles. The van der Waals surface area contributed by atoms with Crippen LogP contribution in [0.3, 0.4) is 0 Å². The molecule has 2 aliphatic rings. The van der Waals surface area contributed by atoms with E-state index in [0.29, 0.717) is 5.02 Å². The van der Waals surface area contributed by atoms with Gasteiger partial charge in [0, 0.05) is 35.4 Å². The van der Waals surface area contributed by atoms with Gasteiger partial charge in [-0.15, -0.1) is 0 Å². The highest BCUT2D eigenvalue weighted by atomic mass is 79.9.